The molecule has 2 aromatic carbocycles. The van der Waals surface area contributed by atoms with Crippen molar-refractivity contribution in [3.8, 4) is 28.1 Å². The lowest BCUT2D eigenvalue weighted by molar-refractivity contribution is -0.137. The molecule has 2 aliphatic rings. The number of ether oxygens (including phenoxy) is 1. The number of aromatic amines is 1. The highest BCUT2D eigenvalue weighted by atomic mass is 19.4. The fourth-order valence-electron chi connectivity index (χ4n) is 5.86. The van der Waals surface area contributed by atoms with E-state index in [0.29, 0.717) is 23.2 Å². The van der Waals surface area contributed by atoms with Crippen molar-refractivity contribution in [3.63, 3.8) is 0 Å². The molecule has 0 saturated carbocycles. The summed E-state index contributed by atoms with van der Waals surface area (Å²) in [7, 11) is 1.68. The molecule has 4 heterocycles. The number of hydrogen-bond donors (Lipinski definition) is 1. The molecule has 2 aromatic heterocycles. The summed E-state index contributed by atoms with van der Waals surface area (Å²) in [5.74, 6) is 1.31. The van der Waals surface area contributed by atoms with Crippen LogP contribution in [0.25, 0.3) is 28.0 Å². The van der Waals surface area contributed by atoms with Gasteiger partial charge in [-0.3, -0.25) is 9.88 Å². The van der Waals surface area contributed by atoms with Crippen molar-refractivity contribution in [3.05, 3.63) is 102 Å². The van der Waals surface area contributed by atoms with E-state index < -0.39 is 11.7 Å². The van der Waals surface area contributed by atoms with Gasteiger partial charge in [0.25, 0.3) is 0 Å². The minimum Gasteiger partial charge on any atom is -0.497 e. The van der Waals surface area contributed by atoms with Crippen molar-refractivity contribution in [1.82, 2.24) is 14.9 Å². The van der Waals surface area contributed by atoms with E-state index in [1.165, 1.54) is 23.3 Å². The van der Waals surface area contributed by atoms with Crippen LogP contribution in [0.1, 0.15) is 35.4 Å². The van der Waals surface area contributed by atoms with Crippen LogP contribution in [-0.4, -0.2) is 41.1 Å². The smallest absolute Gasteiger partial charge is 0.416 e. The molecule has 1 fully saturated rings. The van der Waals surface area contributed by atoms with E-state index in [0.717, 1.165) is 54.4 Å². The summed E-state index contributed by atoms with van der Waals surface area (Å²) in [5, 5.41) is 0. The summed E-state index contributed by atoms with van der Waals surface area (Å²) in [6.45, 7) is 1.96. The molecule has 4 nitrogen and oxygen atoms in total. The average molecular weight is 516 g/mol. The summed E-state index contributed by atoms with van der Waals surface area (Å²) in [6.07, 6.45) is 5.25. The summed E-state index contributed by atoms with van der Waals surface area (Å²) in [4.78, 5) is 10.00. The van der Waals surface area contributed by atoms with E-state index in [4.69, 9.17) is 4.74 Å². The fraction of sp³-hybridized carbons (Fsp3) is 0.258. The van der Waals surface area contributed by atoms with Gasteiger partial charge in [0.1, 0.15) is 5.75 Å². The van der Waals surface area contributed by atoms with Gasteiger partial charge in [0.2, 0.25) is 0 Å². The summed E-state index contributed by atoms with van der Waals surface area (Å²) >= 11 is 0. The molecule has 38 heavy (non-hydrogen) atoms. The number of nitrogens with zero attached hydrogens (tertiary/aromatic N) is 2. The third-order valence-corrected chi connectivity index (χ3v) is 7.77. The van der Waals surface area contributed by atoms with Crippen molar-refractivity contribution in [1.29, 1.82) is 0 Å². The number of pyridine rings is 1. The van der Waals surface area contributed by atoms with Gasteiger partial charge < -0.3 is 9.72 Å². The number of H-pyrrole nitrogens is 1. The summed E-state index contributed by atoms with van der Waals surface area (Å²) < 4.78 is 45.8. The number of hydrogen-bond acceptors (Lipinski definition) is 3. The van der Waals surface area contributed by atoms with E-state index in [9.17, 15) is 13.2 Å². The van der Waals surface area contributed by atoms with Crippen LogP contribution >= 0.6 is 0 Å². The molecule has 4 aromatic rings. The van der Waals surface area contributed by atoms with Crippen LogP contribution in [-0.2, 0) is 6.18 Å². The van der Waals surface area contributed by atoms with Gasteiger partial charge in [-0.05, 0) is 77.4 Å². The van der Waals surface area contributed by atoms with Crippen LogP contribution in [0.3, 0.4) is 0 Å². The number of aromatic nitrogens is 2. The van der Waals surface area contributed by atoms with Crippen molar-refractivity contribution < 1.29 is 17.9 Å². The predicted octanol–water partition coefficient (Wildman–Crippen LogP) is 7.42. The fourth-order valence-corrected chi connectivity index (χ4v) is 5.86. The van der Waals surface area contributed by atoms with Crippen LogP contribution in [0.2, 0.25) is 0 Å². The largest absolute Gasteiger partial charge is 0.497 e. The first-order valence-electron chi connectivity index (χ1n) is 12.8. The highest BCUT2D eigenvalue weighted by Gasteiger charge is 2.35. The molecule has 0 aliphatic carbocycles. The number of methoxy groups -OCH3 is 1. The predicted molar refractivity (Wildman–Crippen MR) is 143 cm³/mol. The van der Waals surface area contributed by atoms with Gasteiger partial charge in [0.15, 0.2) is 0 Å². The zero-order valence-electron chi connectivity index (χ0n) is 21.0. The van der Waals surface area contributed by atoms with Gasteiger partial charge in [0.05, 0.1) is 18.4 Å². The number of rotatable bonds is 5. The monoisotopic (exact) mass is 515 g/mol. The lowest BCUT2D eigenvalue weighted by atomic mass is 9.89. The Balaban J connectivity index is 1.36. The minimum atomic E-state index is -4.40. The quantitative estimate of drug-likeness (QED) is 0.301. The van der Waals surface area contributed by atoms with Gasteiger partial charge in [-0.25, -0.2) is 0 Å². The zero-order valence-corrected chi connectivity index (χ0v) is 21.0. The molecule has 6 rings (SSSR count). The minimum absolute atomic E-state index is 0.322. The third-order valence-electron chi connectivity index (χ3n) is 7.77. The molecule has 0 radical (unpaired) electrons. The molecule has 1 saturated heterocycles. The number of benzene rings is 2. The summed E-state index contributed by atoms with van der Waals surface area (Å²) in [5.41, 5.74) is 5.96. The van der Waals surface area contributed by atoms with Crippen molar-refractivity contribution in [2.45, 2.75) is 31.0 Å². The Morgan fingerprint density at radius 2 is 1.79 bits per heavy atom. The Bertz CT molecular complexity index is 1460. The molecule has 0 unspecified atom stereocenters. The maximum atomic E-state index is 13.5. The SMILES string of the molecule is COc1ccc([C@@H]2C[C@H]3C=C(c4c[nH]c(-c5cccc(C(F)(F)F)c5)c4-c4ccncc4)CCN3C2)cc1. The topological polar surface area (TPSA) is 41.1 Å². The summed E-state index contributed by atoms with van der Waals surface area (Å²) in [6, 6.07) is 18.0. The number of fused-ring (bicyclic) bond motifs is 1. The highest BCUT2D eigenvalue weighted by molar-refractivity contribution is 5.91. The van der Waals surface area contributed by atoms with Crippen LogP contribution in [0.15, 0.2) is 85.3 Å². The molecule has 0 spiro atoms. The molecular formula is C31H28F3N3O. The average Bonchev–Trinajstić information content (AvgIpc) is 3.58. The first kappa shape index (κ1) is 24.5. The number of halogens is 3. The Morgan fingerprint density at radius 1 is 1.00 bits per heavy atom. The first-order valence-corrected chi connectivity index (χ1v) is 12.8. The van der Waals surface area contributed by atoms with Crippen LogP contribution in [0.4, 0.5) is 13.2 Å². The van der Waals surface area contributed by atoms with Crippen molar-refractivity contribution in [2.75, 3.05) is 20.2 Å². The molecule has 0 amide bonds. The van der Waals surface area contributed by atoms with Crippen molar-refractivity contribution >= 4 is 5.57 Å². The first-order chi connectivity index (χ1) is 18.4. The number of alkyl halides is 3. The van der Waals surface area contributed by atoms with E-state index in [1.54, 1.807) is 25.6 Å². The van der Waals surface area contributed by atoms with E-state index in [-0.39, 0.29) is 0 Å². The third kappa shape index (κ3) is 4.63. The van der Waals surface area contributed by atoms with Gasteiger partial charge in [-0.1, -0.05) is 30.3 Å². The molecule has 194 valence electrons. The standard InChI is InChI=1S/C31H28F3N3O/c1-38-27-7-5-20(6-8-27)24-17-26-16-22(11-14-37(26)19-24)28-18-36-30(29(28)21-9-12-35-13-10-21)23-3-2-4-25(15-23)31(32,33)34/h2-10,12-13,15-16,18,24,26,36H,11,14,17,19H2,1H3/t24-,26-/m1/s1. The molecule has 2 atom stereocenters. The molecular weight excluding hydrogens is 487 g/mol. The maximum Gasteiger partial charge on any atom is 0.416 e. The van der Waals surface area contributed by atoms with Crippen LogP contribution in [0.5, 0.6) is 5.75 Å². The second-order valence-corrected chi connectivity index (χ2v) is 9.98. The van der Waals surface area contributed by atoms with E-state index >= 15 is 0 Å². The van der Waals surface area contributed by atoms with Gasteiger partial charge >= 0.3 is 6.18 Å². The Morgan fingerprint density at radius 3 is 2.53 bits per heavy atom. The van der Waals surface area contributed by atoms with Gasteiger partial charge in [-0.15, -0.1) is 0 Å². The molecule has 1 N–H and O–H groups in total. The van der Waals surface area contributed by atoms with Gasteiger partial charge in [-0.2, -0.15) is 13.2 Å². The Kier molecular flexibility index (Phi) is 6.32. The maximum absolute atomic E-state index is 13.5. The van der Waals surface area contributed by atoms with Gasteiger partial charge in [0, 0.05) is 48.8 Å². The normalized spacial score (nSPS) is 19.7. The Hall–Kier alpha value is -3.84. The highest BCUT2D eigenvalue weighted by Crippen LogP contribution is 2.43. The van der Waals surface area contributed by atoms with Crippen molar-refractivity contribution in [2.24, 2.45) is 0 Å². The number of nitrogens with one attached hydrogen (secondary N) is 1. The second kappa shape index (κ2) is 9.80. The Labute approximate surface area is 219 Å². The molecule has 7 heteroatoms. The van der Waals surface area contributed by atoms with E-state index in [2.05, 4.69) is 33.1 Å². The van der Waals surface area contributed by atoms with Crippen LogP contribution < -0.4 is 4.74 Å². The molecule has 2 aliphatic heterocycles. The molecule has 0 bridgehead atoms. The lowest BCUT2D eigenvalue weighted by Gasteiger charge is -2.28. The van der Waals surface area contributed by atoms with Crippen LogP contribution in [0, 0.1) is 0 Å². The second-order valence-electron chi connectivity index (χ2n) is 9.98. The lowest BCUT2D eigenvalue weighted by Crippen LogP contribution is -2.32. The van der Waals surface area contributed by atoms with E-state index in [1.807, 2.05) is 30.5 Å². The zero-order chi connectivity index (χ0) is 26.3.